The average molecular weight is 291 g/mol. The van der Waals surface area contributed by atoms with Crippen LogP contribution in [0.25, 0.3) is 22.4 Å². The number of halogens is 2. The van der Waals surface area contributed by atoms with Gasteiger partial charge >= 0.3 is 0 Å². The Labute approximate surface area is 121 Å². The van der Waals surface area contributed by atoms with Crippen LogP contribution in [-0.2, 0) is 6.42 Å². The maximum atomic E-state index is 6.21. The minimum atomic E-state index is 0.599. The predicted octanol–water partition coefficient (Wildman–Crippen LogP) is 5.10. The van der Waals surface area contributed by atoms with E-state index in [4.69, 9.17) is 23.2 Å². The summed E-state index contributed by atoms with van der Waals surface area (Å²) >= 11 is 12.4. The molecule has 0 spiro atoms. The molecule has 1 aromatic heterocycles. The number of imidazole rings is 1. The van der Waals surface area contributed by atoms with Gasteiger partial charge in [-0.3, -0.25) is 0 Å². The zero-order valence-electron chi connectivity index (χ0n) is 10.4. The van der Waals surface area contributed by atoms with Crippen molar-refractivity contribution in [1.82, 2.24) is 9.97 Å². The lowest BCUT2D eigenvalue weighted by atomic mass is 10.1. The van der Waals surface area contributed by atoms with E-state index < -0.39 is 0 Å². The van der Waals surface area contributed by atoms with E-state index in [1.54, 1.807) is 0 Å². The Hall–Kier alpha value is -1.51. The lowest BCUT2D eigenvalue weighted by molar-refractivity contribution is 1.14. The summed E-state index contributed by atoms with van der Waals surface area (Å²) in [5.74, 6) is 0.707. The third-order valence-corrected chi connectivity index (χ3v) is 3.78. The van der Waals surface area contributed by atoms with Crippen molar-refractivity contribution in [2.24, 2.45) is 0 Å². The van der Waals surface area contributed by atoms with E-state index in [0.29, 0.717) is 15.9 Å². The highest BCUT2D eigenvalue weighted by Crippen LogP contribution is 2.33. The summed E-state index contributed by atoms with van der Waals surface area (Å²) in [4.78, 5) is 7.84. The minimum absolute atomic E-state index is 0.599. The van der Waals surface area contributed by atoms with Crippen molar-refractivity contribution in [2.75, 3.05) is 0 Å². The standard InChI is InChI=1S/C15H12Cl2N2/c1-2-9-6-7-12-13(8-9)19-15(18-12)14-10(16)4-3-5-11(14)17/h3-8H,2H2,1H3,(H,18,19). The number of hydrogen-bond donors (Lipinski definition) is 1. The Balaban J connectivity index is 2.21. The molecule has 2 nitrogen and oxygen atoms in total. The molecule has 3 aromatic rings. The number of aromatic amines is 1. The van der Waals surface area contributed by atoms with Crippen molar-refractivity contribution in [1.29, 1.82) is 0 Å². The first-order valence-corrected chi connectivity index (χ1v) is 6.87. The number of rotatable bonds is 2. The van der Waals surface area contributed by atoms with Gasteiger partial charge < -0.3 is 4.98 Å². The van der Waals surface area contributed by atoms with Crippen LogP contribution in [0.2, 0.25) is 10.0 Å². The zero-order chi connectivity index (χ0) is 13.4. The topological polar surface area (TPSA) is 28.7 Å². The van der Waals surface area contributed by atoms with Gasteiger partial charge in [-0.15, -0.1) is 0 Å². The van der Waals surface area contributed by atoms with Gasteiger partial charge in [0.25, 0.3) is 0 Å². The van der Waals surface area contributed by atoms with Crippen LogP contribution in [-0.4, -0.2) is 9.97 Å². The van der Waals surface area contributed by atoms with E-state index in [0.717, 1.165) is 23.0 Å². The van der Waals surface area contributed by atoms with Gasteiger partial charge in [0, 0.05) is 0 Å². The lowest BCUT2D eigenvalue weighted by Crippen LogP contribution is -1.83. The molecule has 0 amide bonds. The van der Waals surface area contributed by atoms with Crippen molar-refractivity contribution in [3.8, 4) is 11.4 Å². The van der Waals surface area contributed by atoms with Gasteiger partial charge in [0.1, 0.15) is 5.82 Å². The molecule has 0 unspecified atom stereocenters. The molecule has 96 valence electrons. The molecule has 4 heteroatoms. The van der Waals surface area contributed by atoms with Gasteiger partial charge in [-0.25, -0.2) is 4.98 Å². The first-order valence-electron chi connectivity index (χ1n) is 6.12. The average Bonchev–Trinajstić information content (AvgIpc) is 2.80. The molecule has 0 fully saturated rings. The van der Waals surface area contributed by atoms with Crippen LogP contribution in [0.4, 0.5) is 0 Å². The van der Waals surface area contributed by atoms with E-state index >= 15 is 0 Å². The first kappa shape index (κ1) is 12.5. The molecule has 1 heterocycles. The molecule has 0 aliphatic rings. The van der Waals surface area contributed by atoms with Crippen LogP contribution in [0.3, 0.4) is 0 Å². The molecule has 0 saturated carbocycles. The number of fused-ring (bicyclic) bond motifs is 1. The zero-order valence-corrected chi connectivity index (χ0v) is 11.9. The molecular formula is C15H12Cl2N2. The second-order valence-electron chi connectivity index (χ2n) is 4.39. The number of benzene rings is 2. The molecule has 0 saturated heterocycles. The number of aryl methyl sites for hydroxylation is 1. The molecule has 0 atom stereocenters. The van der Waals surface area contributed by atoms with E-state index in [9.17, 15) is 0 Å². The molecule has 0 aliphatic carbocycles. The Kier molecular flexibility index (Phi) is 3.21. The molecule has 1 N–H and O–H groups in total. The fourth-order valence-electron chi connectivity index (χ4n) is 2.12. The largest absolute Gasteiger partial charge is 0.338 e. The molecule has 0 radical (unpaired) electrons. The van der Waals surface area contributed by atoms with E-state index in [1.165, 1.54) is 5.56 Å². The predicted molar refractivity (Wildman–Crippen MR) is 80.9 cm³/mol. The smallest absolute Gasteiger partial charge is 0.141 e. The van der Waals surface area contributed by atoms with Gasteiger partial charge in [-0.2, -0.15) is 0 Å². The summed E-state index contributed by atoms with van der Waals surface area (Å²) in [7, 11) is 0. The fraction of sp³-hybridized carbons (Fsp3) is 0.133. The number of H-pyrrole nitrogens is 1. The SMILES string of the molecule is CCc1ccc2nc(-c3c(Cl)cccc3Cl)[nH]c2c1. The Morgan fingerprint density at radius 1 is 1.11 bits per heavy atom. The summed E-state index contributed by atoms with van der Waals surface area (Å²) < 4.78 is 0. The maximum Gasteiger partial charge on any atom is 0.141 e. The highest BCUT2D eigenvalue weighted by Gasteiger charge is 2.12. The highest BCUT2D eigenvalue weighted by atomic mass is 35.5. The second kappa shape index (κ2) is 4.87. The van der Waals surface area contributed by atoms with E-state index in [1.807, 2.05) is 24.3 Å². The van der Waals surface area contributed by atoms with Gasteiger partial charge in [0.15, 0.2) is 0 Å². The molecule has 2 aromatic carbocycles. The van der Waals surface area contributed by atoms with Crippen molar-refractivity contribution in [3.63, 3.8) is 0 Å². The van der Waals surface area contributed by atoms with Crippen LogP contribution >= 0.6 is 23.2 Å². The number of hydrogen-bond acceptors (Lipinski definition) is 1. The van der Waals surface area contributed by atoms with Gasteiger partial charge in [-0.05, 0) is 36.2 Å². The summed E-state index contributed by atoms with van der Waals surface area (Å²) in [6, 6.07) is 11.7. The summed E-state index contributed by atoms with van der Waals surface area (Å²) in [5, 5.41) is 1.20. The highest BCUT2D eigenvalue weighted by molar-refractivity contribution is 6.39. The van der Waals surface area contributed by atoms with Gasteiger partial charge in [0.05, 0.1) is 26.6 Å². The Morgan fingerprint density at radius 3 is 2.53 bits per heavy atom. The van der Waals surface area contributed by atoms with Crippen LogP contribution in [0.1, 0.15) is 12.5 Å². The monoisotopic (exact) mass is 290 g/mol. The van der Waals surface area contributed by atoms with Crippen molar-refractivity contribution in [3.05, 3.63) is 52.0 Å². The molecule has 0 aliphatic heterocycles. The number of nitrogens with zero attached hydrogens (tertiary/aromatic N) is 1. The third-order valence-electron chi connectivity index (χ3n) is 3.15. The minimum Gasteiger partial charge on any atom is -0.338 e. The Morgan fingerprint density at radius 2 is 1.84 bits per heavy atom. The van der Waals surface area contributed by atoms with Crippen LogP contribution in [0.15, 0.2) is 36.4 Å². The molecule has 3 rings (SSSR count). The number of nitrogens with one attached hydrogen (secondary N) is 1. The maximum absolute atomic E-state index is 6.21. The van der Waals surface area contributed by atoms with Crippen LogP contribution in [0, 0.1) is 0 Å². The lowest BCUT2D eigenvalue weighted by Gasteiger charge is -2.02. The second-order valence-corrected chi connectivity index (χ2v) is 5.20. The Bertz CT molecular complexity index is 727. The van der Waals surface area contributed by atoms with Crippen LogP contribution < -0.4 is 0 Å². The van der Waals surface area contributed by atoms with E-state index in [2.05, 4.69) is 29.0 Å². The fourth-order valence-corrected chi connectivity index (χ4v) is 2.70. The van der Waals surface area contributed by atoms with Crippen molar-refractivity contribution >= 4 is 34.2 Å². The van der Waals surface area contributed by atoms with Crippen LogP contribution in [0.5, 0.6) is 0 Å². The summed E-state index contributed by atoms with van der Waals surface area (Å²) in [5.41, 5.74) is 3.95. The first-order chi connectivity index (χ1) is 9.19. The third kappa shape index (κ3) is 2.22. The van der Waals surface area contributed by atoms with Crippen molar-refractivity contribution in [2.45, 2.75) is 13.3 Å². The molecule has 0 bridgehead atoms. The molecular weight excluding hydrogens is 279 g/mol. The van der Waals surface area contributed by atoms with E-state index in [-0.39, 0.29) is 0 Å². The van der Waals surface area contributed by atoms with Gasteiger partial charge in [0.2, 0.25) is 0 Å². The quantitative estimate of drug-likeness (QED) is 0.699. The molecule has 19 heavy (non-hydrogen) atoms. The summed E-state index contributed by atoms with van der Waals surface area (Å²) in [6.07, 6.45) is 0.997. The number of aromatic nitrogens is 2. The van der Waals surface area contributed by atoms with Gasteiger partial charge in [-0.1, -0.05) is 42.3 Å². The summed E-state index contributed by atoms with van der Waals surface area (Å²) in [6.45, 7) is 2.13. The van der Waals surface area contributed by atoms with Crippen molar-refractivity contribution < 1.29 is 0 Å². The normalized spacial score (nSPS) is 11.1.